The summed E-state index contributed by atoms with van der Waals surface area (Å²) in [6, 6.07) is 7.28. The molecule has 0 radical (unpaired) electrons. The first-order chi connectivity index (χ1) is 19.2. The minimum atomic E-state index is -0.321. The molecule has 12 unspecified atom stereocenters. The number of esters is 1. The van der Waals surface area contributed by atoms with Crippen molar-refractivity contribution >= 4 is 5.97 Å². The molecule has 7 rings (SSSR count). The van der Waals surface area contributed by atoms with Crippen LogP contribution in [0.1, 0.15) is 102 Å². The Kier molecular flexibility index (Phi) is 6.63. The Balaban J connectivity index is 1.03. The van der Waals surface area contributed by atoms with Gasteiger partial charge in [0.25, 0.3) is 0 Å². The molecule has 6 fully saturated rings. The third-order valence-electron chi connectivity index (χ3n) is 13.5. The molecule has 0 bridgehead atoms. The normalized spacial score (nSPS) is 49.5. The van der Waals surface area contributed by atoms with Gasteiger partial charge >= 0.3 is 5.97 Å². The van der Waals surface area contributed by atoms with Gasteiger partial charge in [-0.1, -0.05) is 27.7 Å². The summed E-state index contributed by atoms with van der Waals surface area (Å²) in [5, 5.41) is 0. The Morgan fingerprint density at radius 1 is 0.900 bits per heavy atom. The number of ether oxygens (including phenoxy) is 4. The molecule has 6 aliphatic rings. The maximum Gasteiger partial charge on any atom is 0.338 e. The van der Waals surface area contributed by atoms with Gasteiger partial charge in [0.05, 0.1) is 25.4 Å². The molecule has 1 aromatic carbocycles. The Morgan fingerprint density at radius 3 is 2.40 bits per heavy atom. The van der Waals surface area contributed by atoms with Crippen LogP contribution in [0, 0.1) is 52.3 Å². The van der Waals surface area contributed by atoms with Crippen LogP contribution in [-0.4, -0.2) is 37.7 Å². The van der Waals surface area contributed by atoms with Gasteiger partial charge in [-0.2, -0.15) is 0 Å². The molecule has 12 atom stereocenters. The van der Waals surface area contributed by atoms with Crippen molar-refractivity contribution in [2.45, 2.75) is 110 Å². The van der Waals surface area contributed by atoms with E-state index in [0.29, 0.717) is 46.2 Å². The van der Waals surface area contributed by atoms with E-state index in [9.17, 15) is 4.79 Å². The van der Waals surface area contributed by atoms with Crippen molar-refractivity contribution < 1.29 is 23.7 Å². The lowest BCUT2D eigenvalue weighted by molar-refractivity contribution is -0.273. The fourth-order valence-electron chi connectivity index (χ4n) is 11.3. The van der Waals surface area contributed by atoms with E-state index >= 15 is 0 Å². The number of rotatable bonds is 3. The van der Waals surface area contributed by atoms with Gasteiger partial charge < -0.3 is 18.9 Å². The van der Waals surface area contributed by atoms with E-state index in [0.717, 1.165) is 49.4 Å². The Labute approximate surface area is 241 Å². The molecule has 1 spiro atoms. The van der Waals surface area contributed by atoms with Crippen molar-refractivity contribution in [3.8, 4) is 5.75 Å². The van der Waals surface area contributed by atoms with Crippen LogP contribution in [0.15, 0.2) is 24.3 Å². The number of hydrogen-bond donors (Lipinski definition) is 0. The molecule has 1 aromatic rings. The summed E-state index contributed by atoms with van der Waals surface area (Å²) in [6.45, 7) is 10.8. The van der Waals surface area contributed by atoms with Crippen molar-refractivity contribution in [1.29, 1.82) is 0 Å². The van der Waals surface area contributed by atoms with E-state index in [1.54, 1.807) is 7.11 Å². The van der Waals surface area contributed by atoms with Gasteiger partial charge in [-0.3, -0.25) is 0 Å². The summed E-state index contributed by atoms with van der Waals surface area (Å²) in [6.07, 6.45) is 12.4. The molecule has 5 heteroatoms. The topological polar surface area (TPSA) is 54.0 Å². The molecule has 2 saturated heterocycles. The van der Waals surface area contributed by atoms with Gasteiger partial charge in [-0.15, -0.1) is 0 Å². The van der Waals surface area contributed by atoms with Crippen LogP contribution in [0.25, 0.3) is 0 Å². The Morgan fingerprint density at radius 2 is 1.68 bits per heavy atom. The summed E-state index contributed by atoms with van der Waals surface area (Å²) in [4.78, 5) is 12.9. The summed E-state index contributed by atoms with van der Waals surface area (Å²) in [5.41, 5.74) is 1.35. The molecule has 4 saturated carbocycles. The minimum absolute atomic E-state index is 0.0348. The predicted octanol–water partition coefficient (Wildman–Crippen LogP) is 7.67. The second kappa shape index (κ2) is 9.73. The minimum Gasteiger partial charge on any atom is -0.497 e. The van der Waals surface area contributed by atoms with Crippen LogP contribution in [0.5, 0.6) is 5.75 Å². The van der Waals surface area contributed by atoms with E-state index in [1.807, 2.05) is 24.3 Å². The van der Waals surface area contributed by atoms with Crippen LogP contribution < -0.4 is 4.74 Å². The van der Waals surface area contributed by atoms with E-state index < -0.39 is 0 Å². The highest BCUT2D eigenvalue weighted by atomic mass is 16.7. The third-order valence-corrected chi connectivity index (χ3v) is 13.5. The first-order valence-corrected chi connectivity index (χ1v) is 16.3. The molecular formula is C35H50O5. The van der Waals surface area contributed by atoms with Crippen LogP contribution in [0.4, 0.5) is 0 Å². The lowest BCUT2D eigenvalue weighted by Crippen LogP contribution is -2.55. The number of carbonyl (C=O) groups is 1. The summed E-state index contributed by atoms with van der Waals surface area (Å²) < 4.78 is 24.8. The zero-order valence-electron chi connectivity index (χ0n) is 25.3. The van der Waals surface area contributed by atoms with Gasteiger partial charge in [-0.25, -0.2) is 4.79 Å². The molecule has 2 aliphatic heterocycles. The summed E-state index contributed by atoms with van der Waals surface area (Å²) in [5.74, 6) is 5.03. The van der Waals surface area contributed by atoms with Gasteiger partial charge in [-0.05, 0) is 128 Å². The Bertz CT molecular complexity index is 1110. The number of carbonyl (C=O) groups excluding carboxylic acids is 1. The zero-order chi connectivity index (χ0) is 27.9. The van der Waals surface area contributed by atoms with Crippen molar-refractivity contribution in [1.82, 2.24) is 0 Å². The van der Waals surface area contributed by atoms with Crippen LogP contribution in [0.2, 0.25) is 0 Å². The number of hydrogen-bond acceptors (Lipinski definition) is 5. The van der Waals surface area contributed by atoms with Gasteiger partial charge in [0.2, 0.25) is 0 Å². The van der Waals surface area contributed by atoms with E-state index in [4.69, 9.17) is 18.9 Å². The van der Waals surface area contributed by atoms with Crippen LogP contribution >= 0.6 is 0 Å². The number of methoxy groups -OCH3 is 1. The summed E-state index contributed by atoms with van der Waals surface area (Å²) in [7, 11) is 1.64. The lowest BCUT2D eigenvalue weighted by Gasteiger charge is -2.61. The highest BCUT2D eigenvalue weighted by Gasteiger charge is 2.69. The maximum atomic E-state index is 12.9. The quantitative estimate of drug-likeness (QED) is 0.362. The fraction of sp³-hybridized carbons (Fsp3) is 0.800. The molecule has 2 heterocycles. The van der Waals surface area contributed by atoms with Crippen molar-refractivity contribution in [2.75, 3.05) is 13.7 Å². The summed E-state index contributed by atoms with van der Waals surface area (Å²) >= 11 is 0. The second-order valence-electron chi connectivity index (χ2n) is 15.2. The highest BCUT2D eigenvalue weighted by molar-refractivity contribution is 5.89. The smallest absolute Gasteiger partial charge is 0.338 e. The zero-order valence-corrected chi connectivity index (χ0v) is 25.3. The van der Waals surface area contributed by atoms with Crippen molar-refractivity contribution in [3.05, 3.63) is 29.8 Å². The van der Waals surface area contributed by atoms with Crippen LogP contribution in [0.3, 0.4) is 0 Å². The monoisotopic (exact) mass is 550 g/mol. The predicted molar refractivity (Wildman–Crippen MR) is 154 cm³/mol. The van der Waals surface area contributed by atoms with Gasteiger partial charge in [0.1, 0.15) is 11.9 Å². The van der Waals surface area contributed by atoms with Gasteiger partial charge in [0, 0.05) is 12.3 Å². The first kappa shape index (κ1) is 27.3. The second-order valence-corrected chi connectivity index (χ2v) is 15.2. The molecule has 40 heavy (non-hydrogen) atoms. The standard InChI is InChI=1S/C35H50O5/c1-21-12-17-35(38-20-21)22(2)31-30(40-35)19-29-27-11-8-24-18-26(39-32(36)23-6-9-25(37-5)10-7-23)13-15-33(24,3)28(27)14-16-34(29,31)4/h6-7,9-10,21-22,24,26-31H,8,11-20H2,1-5H3. The first-order valence-electron chi connectivity index (χ1n) is 16.3. The van der Waals surface area contributed by atoms with Crippen LogP contribution in [-0.2, 0) is 14.2 Å². The van der Waals surface area contributed by atoms with Gasteiger partial charge in [0.15, 0.2) is 5.79 Å². The molecule has 4 aliphatic carbocycles. The van der Waals surface area contributed by atoms with E-state index in [-0.39, 0.29) is 17.9 Å². The third kappa shape index (κ3) is 4.03. The van der Waals surface area contributed by atoms with Crippen molar-refractivity contribution in [3.63, 3.8) is 0 Å². The van der Waals surface area contributed by atoms with E-state index in [1.165, 1.54) is 44.9 Å². The molecule has 0 N–H and O–H groups in total. The Hall–Kier alpha value is -1.59. The SMILES string of the molecule is COc1ccc(C(=O)OC2CCC3(C)C(CCC4C3CCC3(C)C4CC4OC5(CCC(C)CO5)C(C)C43)C2)cc1. The molecule has 5 nitrogen and oxygen atoms in total. The number of benzene rings is 1. The molecule has 220 valence electrons. The van der Waals surface area contributed by atoms with Crippen molar-refractivity contribution in [2.24, 2.45) is 52.3 Å². The molecule has 0 amide bonds. The lowest BCUT2D eigenvalue weighted by atomic mass is 9.44. The van der Waals surface area contributed by atoms with E-state index in [2.05, 4.69) is 27.7 Å². The maximum absolute atomic E-state index is 12.9. The highest BCUT2D eigenvalue weighted by Crippen LogP contribution is 2.71. The largest absolute Gasteiger partial charge is 0.497 e. The fourth-order valence-corrected chi connectivity index (χ4v) is 11.3. The molecule has 0 aromatic heterocycles. The number of fused-ring (bicyclic) bond motifs is 7. The average molecular weight is 551 g/mol. The average Bonchev–Trinajstić information content (AvgIpc) is 3.40. The molecular weight excluding hydrogens is 500 g/mol.